The summed E-state index contributed by atoms with van der Waals surface area (Å²) < 4.78 is 0. The van der Waals surface area contributed by atoms with E-state index in [-0.39, 0.29) is 0 Å². The summed E-state index contributed by atoms with van der Waals surface area (Å²) in [5.41, 5.74) is 1.35. The van der Waals surface area contributed by atoms with Crippen LogP contribution < -0.4 is 0 Å². The largest absolute Gasteiger partial charge is 0.179 e. The fraction of sp³-hybridized carbons (Fsp3) is 0.625. The summed E-state index contributed by atoms with van der Waals surface area (Å²) in [6.45, 7) is 2.14. The van der Waals surface area contributed by atoms with E-state index in [1.165, 1.54) is 61.2 Å². The van der Waals surface area contributed by atoms with Gasteiger partial charge >= 0.3 is 0 Å². The van der Waals surface area contributed by atoms with Gasteiger partial charge < -0.3 is 0 Å². The Labute approximate surface area is 122 Å². The van der Waals surface area contributed by atoms with Crippen molar-refractivity contribution in [1.29, 1.82) is 0 Å². The quantitative estimate of drug-likeness (QED) is 0.324. The molecule has 0 spiro atoms. The normalized spacial score (nSPS) is 10.8. The van der Waals surface area contributed by atoms with E-state index >= 15 is 0 Å². The summed E-state index contributed by atoms with van der Waals surface area (Å²) in [5, 5.41) is 0. The second-order valence-electron chi connectivity index (χ2n) is 4.86. The number of thiol groups is 1. The molecule has 2 heteroatoms. The molecule has 102 valence electrons. The fourth-order valence-electron chi connectivity index (χ4n) is 1.92. The van der Waals surface area contributed by atoms with Crippen LogP contribution in [0, 0.1) is 6.92 Å². The molecule has 0 fully saturated rings. The maximum absolute atomic E-state index is 4.23. The van der Waals surface area contributed by atoms with Crippen LogP contribution in [0.1, 0.15) is 50.5 Å². The fourth-order valence-corrected chi connectivity index (χ4v) is 3.06. The van der Waals surface area contributed by atoms with Crippen molar-refractivity contribution < 1.29 is 0 Å². The molecule has 0 bridgehead atoms. The van der Waals surface area contributed by atoms with E-state index in [1.807, 2.05) is 11.8 Å². The van der Waals surface area contributed by atoms with Crippen LogP contribution in [0.5, 0.6) is 0 Å². The molecule has 0 unspecified atom stereocenters. The lowest BCUT2D eigenvalue weighted by Gasteiger charge is -2.03. The molecule has 1 aromatic rings. The second-order valence-corrected chi connectivity index (χ2v) is 6.48. The zero-order valence-corrected chi connectivity index (χ0v) is 13.2. The summed E-state index contributed by atoms with van der Waals surface area (Å²) in [6, 6.07) is 8.86. The molecule has 1 aromatic carbocycles. The van der Waals surface area contributed by atoms with E-state index in [0.29, 0.717) is 0 Å². The van der Waals surface area contributed by atoms with Crippen LogP contribution in [-0.4, -0.2) is 11.5 Å². The number of thioether (sulfide) groups is 1. The molecule has 0 saturated heterocycles. The molecule has 0 nitrogen and oxygen atoms in total. The molecule has 18 heavy (non-hydrogen) atoms. The third-order valence-electron chi connectivity index (χ3n) is 3.09. The SMILES string of the molecule is Cc1ccc(SCCCCCCCCCS)cc1. The number of hydrogen-bond acceptors (Lipinski definition) is 2. The van der Waals surface area contributed by atoms with Gasteiger partial charge in [-0.15, -0.1) is 11.8 Å². The molecule has 0 radical (unpaired) electrons. The van der Waals surface area contributed by atoms with Crippen molar-refractivity contribution in [2.75, 3.05) is 11.5 Å². The lowest BCUT2D eigenvalue weighted by atomic mass is 10.1. The Morgan fingerprint density at radius 2 is 1.39 bits per heavy atom. The molecule has 0 atom stereocenters. The molecule has 0 aliphatic carbocycles. The van der Waals surface area contributed by atoms with Crippen LogP contribution >= 0.6 is 24.4 Å². The third kappa shape index (κ3) is 8.10. The van der Waals surface area contributed by atoms with E-state index < -0.39 is 0 Å². The molecule has 0 amide bonds. The monoisotopic (exact) mass is 282 g/mol. The van der Waals surface area contributed by atoms with E-state index in [0.717, 1.165) is 5.75 Å². The maximum Gasteiger partial charge on any atom is 0.00721 e. The summed E-state index contributed by atoms with van der Waals surface area (Å²) in [4.78, 5) is 1.41. The lowest BCUT2D eigenvalue weighted by Crippen LogP contribution is -1.84. The topological polar surface area (TPSA) is 0 Å². The zero-order chi connectivity index (χ0) is 13.1. The first-order chi connectivity index (χ1) is 8.83. The Morgan fingerprint density at radius 1 is 0.833 bits per heavy atom. The zero-order valence-electron chi connectivity index (χ0n) is 11.5. The number of benzene rings is 1. The van der Waals surface area contributed by atoms with Gasteiger partial charge in [0.2, 0.25) is 0 Å². The van der Waals surface area contributed by atoms with Crippen molar-refractivity contribution in [3.05, 3.63) is 29.8 Å². The highest BCUT2D eigenvalue weighted by molar-refractivity contribution is 7.99. The average Bonchev–Trinajstić information content (AvgIpc) is 2.39. The van der Waals surface area contributed by atoms with Gasteiger partial charge in [-0.1, -0.05) is 49.8 Å². The van der Waals surface area contributed by atoms with Crippen LogP contribution in [-0.2, 0) is 0 Å². The Bertz CT molecular complexity index is 292. The van der Waals surface area contributed by atoms with Crippen LogP contribution in [0.15, 0.2) is 29.2 Å². The highest BCUT2D eigenvalue weighted by atomic mass is 32.2. The standard InChI is InChI=1S/C16H26S2/c1-15-9-11-16(12-10-15)18-14-8-6-4-2-3-5-7-13-17/h9-12,17H,2-8,13-14H2,1H3. The Kier molecular flexibility index (Phi) is 9.59. The minimum atomic E-state index is 1.05. The summed E-state index contributed by atoms with van der Waals surface area (Å²) in [6.07, 6.45) is 9.59. The van der Waals surface area contributed by atoms with Gasteiger partial charge in [0.1, 0.15) is 0 Å². The summed E-state index contributed by atoms with van der Waals surface area (Å²) in [5.74, 6) is 2.31. The number of unbranched alkanes of at least 4 members (excludes halogenated alkanes) is 6. The van der Waals surface area contributed by atoms with Crippen LogP contribution in [0.25, 0.3) is 0 Å². The predicted octanol–water partition coefficient (Wildman–Crippen LogP) is 5.75. The number of aryl methyl sites for hydroxylation is 1. The third-order valence-corrected chi connectivity index (χ3v) is 4.51. The number of rotatable bonds is 10. The van der Waals surface area contributed by atoms with Crippen LogP contribution in [0.2, 0.25) is 0 Å². The highest BCUT2D eigenvalue weighted by Crippen LogP contribution is 2.20. The lowest BCUT2D eigenvalue weighted by molar-refractivity contribution is 0.605. The molecule has 0 N–H and O–H groups in total. The van der Waals surface area contributed by atoms with Gasteiger partial charge in [0, 0.05) is 4.90 Å². The molecule has 0 heterocycles. The molecule has 0 saturated carbocycles. The first-order valence-corrected chi connectivity index (χ1v) is 8.75. The molecule has 0 aliphatic heterocycles. The minimum absolute atomic E-state index is 1.05. The van der Waals surface area contributed by atoms with Crippen molar-refractivity contribution in [3.8, 4) is 0 Å². The van der Waals surface area contributed by atoms with Gasteiger partial charge in [-0.05, 0) is 43.4 Å². The van der Waals surface area contributed by atoms with Gasteiger partial charge in [-0.25, -0.2) is 0 Å². The van der Waals surface area contributed by atoms with Crippen molar-refractivity contribution in [2.24, 2.45) is 0 Å². The van der Waals surface area contributed by atoms with Gasteiger partial charge in [0.15, 0.2) is 0 Å². The molecule has 1 rings (SSSR count). The Morgan fingerprint density at radius 3 is 2.00 bits per heavy atom. The van der Waals surface area contributed by atoms with Gasteiger partial charge in [0.05, 0.1) is 0 Å². The first-order valence-electron chi connectivity index (χ1n) is 7.13. The molecular formula is C16H26S2. The molecule has 0 aromatic heterocycles. The second kappa shape index (κ2) is 10.8. The van der Waals surface area contributed by atoms with Gasteiger partial charge in [-0.2, -0.15) is 12.6 Å². The van der Waals surface area contributed by atoms with Crippen LogP contribution in [0.4, 0.5) is 0 Å². The highest BCUT2D eigenvalue weighted by Gasteiger charge is 1.95. The van der Waals surface area contributed by atoms with Crippen molar-refractivity contribution in [1.82, 2.24) is 0 Å². The van der Waals surface area contributed by atoms with Gasteiger partial charge in [0.25, 0.3) is 0 Å². The summed E-state index contributed by atoms with van der Waals surface area (Å²) >= 11 is 6.22. The van der Waals surface area contributed by atoms with Gasteiger partial charge in [-0.3, -0.25) is 0 Å². The predicted molar refractivity (Wildman–Crippen MR) is 88.1 cm³/mol. The smallest absolute Gasteiger partial charge is 0.00721 e. The Balaban J connectivity index is 1.91. The van der Waals surface area contributed by atoms with E-state index in [1.54, 1.807) is 0 Å². The van der Waals surface area contributed by atoms with Crippen molar-refractivity contribution >= 4 is 24.4 Å². The minimum Gasteiger partial charge on any atom is -0.179 e. The average molecular weight is 283 g/mol. The van der Waals surface area contributed by atoms with E-state index in [2.05, 4.69) is 43.8 Å². The molecular weight excluding hydrogens is 256 g/mol. The van der Waals surface area contributed by atoms with Crippen molar-refractivity contribution in [3.63, 3.8) is 0 Å². The maximum atomic E-state index is 4.23. The summed E-state index contributed by atoms with van der Waals surface area (Å²) in [7, 11) is 0. The van der Waals surface area contributed by atoms with Crippen molar-refractivity contribution in [2.45, 2.75) is 56.8 Å². The first kappa shape index (κ1) is 16.0. The Hall–Kier alpha value is -0.0800. The van der Waals surface area contributed by atoms with Crippen LogP contribution in [0.3, 0.4) is 0 Å². The van der Waals surface area contributed by atoms with E-state index in [9.17, 15) is 0 Å². The molecule has 0 aliphatic rings. The number of hydrogen-bond donors (Lipinski definition) is 1. The van der Waals surface area contributed by atoms with E-state index in [4.69, 9.17) is 0 Å².